The fourth-order valence-electron chi connectivity index (χ4n) is 0.420. The van der Waals surface area contributed by atoms with E-state index >= 15 is 0 Å². The summed E-state index contributed by atoms with van der Waals surface area (Å²) in [6.07, 6.45) is 0. The SMILES string of the molecule is CNCC(C)(O)C(=O)O. The van der Waals surface area contributed by atoms with Gasteiger partial charge in [0.2, 0.25) is 0 Å². The van der Waals surface area contributed by atoms with E-state index < -0.39 is 11.6 Å². The van der Waals surface area contributed by atoms with Gasteiger partial charge < -0.3 is 15.5 Å². The summed E-state index contributed by atoms with van der Waals surface area (Å²) in [4.78, 5) is 10.1. The van der Waals surface area contributed by atoms with E-state index in [1.165, 1.54) is 6.92 Å². The molecule has 0 bridgehead atoms. The number of carbonyl (C=O) groups is 1. The van der Waals surface area contributed by atoms with Crippen LogP contribution in [-0.2, 0) is 4.79 Å². The van der Waals surface area contributed by atoms with Crippen molar-refractivity contribution < 1.29 is 15.0 Å². The molecule has 0 fully saturated rings. The van der Waals surface area contributed by atoms with Gasteiger partial charge in [-0.1, -0.05) is 0 Å². The number of rotatable bonds is 3. The molecule has 0 aliphatic carbocycles. The van der Waals surface area contributed by atoms with Gasteiger partial charge in [0.15, 0.2) is 5.60 Å². The summed E-state index contributed by atoms with van der Waals surface area (Å²) in [6.45, 7) is 1.30. The Kier molecular flexibility index (Phi) is 2.61. The van der Waals surface area contributed by atoms with Crippen LogP contribution in [0.3, 0.4) is 0 Å². The molecule has 0 aromatic carbocycles. The van der Waals surface area contributed by atoms with Gasteiger partial charge in [-0.3, -0.25) is 0 Å². The molecule has 0 aromatic heterocycles. The molecule has 3 N–H and O–H groups in total. The smallest absolute Gasteiger partial charge is 0.336 e. The lowest BCUT2D eigenvalue weighted by molar-refractivity contribution is -0.155. The lowest BCUT2D eigenvalue weighted by Gasteiger charge is -2.15. The summed E-state index contributed by atoms with van der Waals surface area (Å²) in [5.74, 6) is -1.21. The third kappa shape index (κ3) is 2.43. The van der Waals surface area contributed by atoms with Gasteiger partial charge in [0.1, 0.15) is 0 Å². The van der Waals surface area contributed by atoms with Gasteiger partial charge in [-0.25, -0.2) is 4.79 Å². The normalized spacial score (nSPS) is 16.8. The van der Waals surface area contributed by atoms with Crippen molar-refractivity contribution in [2.45, 2.75) is 12.5 Å². The Morgan fingerprint density at radius 3 is 2.33 bits per heavy atom. The van der Waals surface area contributed by atoms with Crippen LogP contribution >= 0.6 is 0 Å². The molecule has 0 aliphatic heterocycles. The summed E-state index contributed by atoms with van der Waals surface area (Å²) in [5.41, 5.74) is -1.64. The maximum absolute atomic E-state index is 10.1. The summed E-state index contributed by atoms with van der Waals surface area (Å²) in [5, 5.41) is 19.8. The van der Waals surface area contributed by atoms with Crippen LogP contribution in [0.25, 0.3) is 0 Å². The Balaban J connectivity index is 3.85. The highest BCUT2D eigenvalue weighted by Crippen LogP contribution is 1.99. The van der Waals surface area contributed by atoms with Gasteiger partial charge in [0, 0.05) is 6.54 Å². The highest BCUT2D eigenvalue weighted by molar-refractivity contribution is 5.76. The molecule has 0 rings (SSSR count). The minimum Gasteiger partial charge on any atom is -0.479 e. The largest absolute Gasteiger partial charge is 0.479 e. The summed E-state index contributed by atoms with van der Waals surface area (Å²) in [6, 6.07) is 0. The molecule has 0 radical (unpaired) electrons. The molecule has 0 saturated carbocycles. The van der Waals surface area contributed by atoms with E-state index in [1.807, 2.05) is 0 Å². The van der Waals surface area contributed by atoms with Crippen molar-refractivity contribution >= 4 is 5.97 Å². The molecule has 0 heterocycles. The quantitative estimate of drug-likeness (QED) is 0.464. The van der Waals surface area contributed by atoms with E-state index in [-0.39, 0.29) is 6.54 Å². The van der Waals surface area contributed by atoms with E-state index in [2.05, 4.69) is 5.32 Å². The molecule has 0 aliphatic rings. The second kappa shape index (κ2) is 2.80. The van der Waals surface area contributed by atoms with Crippen molar-refractivity contribution in [2.75, 3.05) is 13.6 Å². The molecule has 9 heavy (non-hydrogen) atoms. The van der Waals surface area contributed by atoms with Gasteiger partial charge in [-0.2, -0.15) is 0 Å². The van der Waals surface area contributed by atoms with E-state index in [0.717, 1.165) is 0 Å². The van der Waals surface area contributed by atoms with Gasteiger partial charge in [-0.15, -0.1) is 0 Å². The van der Waals surface area contributed by atoms with Gasteiger partial charge in [0.05, 0.1) is 0 Å². The zero-order valence-electron chi connectivity index (χ0n) is 5.51. The van der Waals surface area contributed by atoms with Crippen LogP contribution in [0.5, 0.6) is 0 Å². The Morgan fingerprint density at radius 1 is 1.78 bits per heavy atom. The predicted octanol–water partition coefficient (Wildman–Crippen LogP) is -0.959. The predicted molar refractivity (Wildman–Crippen MR) is 32.2 cm³/mol. The molecular weight excluding hydrogens is 122 g/mol. The standard InChI is InChI=1S/C5H11NO3/c1-5(9,3-6-2)4(7)8/h6,9H,3H2,1-2H3,(H,7,8). The highest BCUT2D eigenvalue weighted by Gasteiger charge is 2.28. The first kappa shape index (κ1) is 8.39. The number of hydrogen-bond donors (Lipinski definition) is 3. The van der Waals surface area contributed by atoms with Crippen molar-refractivity contribution in [2.24, 2.45) is 0 Å². The molecule has 0 saturated heterocycles. The van der Waals surface area contributed by atoms with Crippen molar-refractivity contribution in [1.82, 2.24) is 5.32 Å². The monoisotopic (exact) mass is 133 g/mol. The molecule has 0 spiro atoms. The zero-order chi connectivity index (χ0) is 7.49. The Bertz CT molecular complexity index is 111. The van der Waals surface area contributed by atoms with E-state index in [4.69, 9.17) is 10.2 Å². The molecule has 4 nitrogen and oxygen atoms in total. The average molecular weight is 133 g/mol. The Hall–Kier alpha value is -0.610. The van der Waals surface area contributed by atoms with Crippen LogP contribution in [0.1, 0.15) is 6.92 Å². The Labute approximate surface area is 53.5 Å². The molecule has 0 amide bonds. The molecule has 1 unspecified atom stereocenters. The molecule has 54 valence electrons. The summed E-state index contributed by atoms with van der Waals surface area (Å²) in [7, 11) is 1.58. The summed E-state index contributed by atoms with van der Waals surface area (Å²) < 4.78 is 0. The first-order valence-corrected chi connectivity index (χ1v) is 2.61. The number of likely N-dealkylation sites (N-methyl/N-ethyl adjacent to an activating group) is 1. The fourth-order valence-corrected chi connectivity index (χ4v) is 0.420. The Morgan fingerprint density at radius 2 is 2.22 bits per heavy atom. The van der Waals surface area contributed by atoms with E-state index in [9.17, 15) is 4.79 Å². The van der Waals surface area contributed by atoms with Crippen molar-refractivity contribution in [3.05, 3.63) is 0 Å². The molecule has 1 atom stereocenters. The first-order chi connectivity index (χ1) is 4.00. The highest BCUT2D eigenvalue weighted by atomic mass is 16.4. The first-order valence-electron chi connectivity index (χ1n) is 2.61. The fraction of sp³-hybridized carbons (Fsp3) is 0.800. The van der Waals surface area contributed by atoms with Crippen LogP contribution in [0.2, 0.25) is 0 Å². The average Bonchev–Trinajstić information content (AvgIpc) is 1.65. The lowest BCUT2D eigenvalue weighted by Crippen LogP contribution is -2.43. The number of carboxylic acids is 1. The molecular formula is C5H11NO3. The lowest BCUT2D eigenvalue weighted by atomic mass is 10.1. The van der Waals surface area contributed by atoms with Crippen LogP contribution in [0.4, 0.5) is 0 Å². The van der Waals surface area contributed by atoms with Crippen molar-refractivity contribution in [1.29, 1.82) is 0 Å². The zero-order valence-corrected chi connectivity index (χ0v) is 5.51. The number of hydrogen-bond acceptors (Lipinski definition) is 3. The van der Waals surface area contributed by atoms with Crippen LogP contribution in [-0.4, -0.2) is 35.4 Å². The number of aliphatic carboxylic acids is 1. The second-order valence-electron chi connectivity index (χ2n) is 2.11. The minimum absolute atomic E-state index is 0.0579. The second-order valence-corrected chi connectivity index (χ2v) is 2.11. The number of aliphatic hydroxyl groups is 1. The minimum atomic E-state index is -1.64. The third-order valence-corrected chi connectivity index (χ3v) is 0.982. The summed E-state index contributed by atoms with van der Waals surface area (Å²) >= 11 is 0. The number of carboxylic acid groups (broad SMARTS) is 1. The van der Waals surface area contributed by atoms with Crippen LogP contribution < -0.4 is 5.32 Å². The van der Waals surface area contributed by atoms with Crippen molar-refractivity contribution in [3.63, 3.8) is 0 Å². The van der Waals surface area contributed by atoms with Gasteiger partial charge >= 0.3 is 5.97 Å². The van der Waals surface area contributed by atoms with Gasteiger partial charge in [-0.05, 0) is 14.0 Å². The van der Waals surface area contributed by atoms with Crippen LogP contribution in [0.15, 0.2) is 0 Å². The van der Waals surface area contributed by atoms with Crippen LogP contribution in [0, 0.1) is 0 Å². The maximum atomic E-state index is 10.1. The van der Waals surface area contributed by atoms with Crippen molar-refractivity contribution in [3.8, 4) is 0 Å². The third-order valence-electron chi connectivity index (χ3n) is 0.982. The molecule has 4 heteroatoms. The van der Waals surface area contributed by atoms with E-state index in [1.54, 1.807) is 7.05 Å². The van der Waals surface area contributed by atoms with Gasteiger partial charge in [0.25, 0.3) is 0 Å². The maximum Gasteiger partial charge on any atom is 0.336 e. The molecule has 0 aromatic rings. The van der Waals surface area contributed by atoms with E-state index in [0.29, 0.717) is 0 Å². The number of nitrogens with one attached hydrogen (secondary N) is 1. The topological polar surface area (TPSA) is 69.6 Å².